The lowest BCUT2D eigenvalue weighted by Gasteiger charge is -2.37. The van der Waals surface area contributed by atoms with Crippen molar-refractivity contribution in [1.29, 1.82) is 0 Å². The number of amides is 1. The molecule has 0 N–H and O–H groups in total. The molecule has 0 saturated heterocycles. The van der Waals surface area contributed by atoms with Crippen LogP contribution in [0.25, 0.3) is 21.9 Å². The van der Waals surface area contributed by atoms with E-state index in [1.165, 1.54) is 0 Å². The maximum Gasteiger partial charge on any atom is 0.342 e. The molecule has 1 amide bonds. The predicted molar refractivity (Wildman–Crippen MR) is 123 cm³/mol. The number of cyclic esters (lactones) is 1. The number of anilines is 1. The molecule has 2 aromatic carbocycles. The predicted octanol–water partition coefficient (Wildman–Crippen LogP) is 5.72. The Morgan fingerprint density at radius 3 is 2.47 bits per heavy atom. The van der Waals surface area contributed by atoms with E-state index in [1.54, 1.807) is 25.0 Å². The monoisotopic (exact) mass is 435 g/mol. The van der Waals surface area contributed by atoms with Gasteiger partial charge in [0.05, 0.1) is 17.9 Å². The molecular weight excluding hydrogens is 406 g/mol. The van der Waals surface area contributed by atoms with Crippen molar-refractivity contribution in [3.05, 3.63) is 41.0 Å². The number of esters is 1. The molecule has 6 nitrogen and oxygen atoms in total. The van der Waals surface area contributed by atoms with Gasteiger partial charge in [0.15, 0.2) is 6.23 Å². The lowest BCUT2D eigenvalue weighted by molar-refractivity contribution is -0.125. The highest BCUT2D eigenvalue weighted by Gasteiger charge is 2.38. The number of fused-ring (bicyclic) bond motifs is 4. The molecule has 1 aliphatic heterocycles. The maximum atomic E-state index is 13.6. The first-order valence-corrected chi connectivity index (χ1v) is 11.4. The molecule has 1 fully saturated rings. The van der Waals surface area contributed by atoms with Gasteiger partial charge < -0.3 is 13.9 Å². The second kappa shape index (κ2) is 7.93. The number of ether oxygens (including phenoxy) is 2. The second-order valence-corrected chi connectivity index (χ2v) is 9.35. The molecule has 32 heavy (non-hydrogen) atoms. The topological polar surface area (TPSA) is 69.0 Å². The summed E-state index contributed by atoms with van der Waals surface area (Å²) in [7, 11) is 1.68. The Bertz CT molecular complexity index is 1220. The Kier molecular flexibility index (Phi) is 5.20. The van der Waals surface area contributed by atoms with Gasteiger partial charge in [0.2, 0.25) is 5.91 Å². The largest absolute Gasteiger partial charge is 0.456 e. The third-order valence-electron chi connectivity index (χ3n) is 7.07. The highest BCUT2D eigenvalue weighted by atomic mass is 16.6. The first-order valence-electron chi connectivity index (χ1n) is 11.4. The van der Waals surface area contributed by atoms with Crippen LogP contribution in [0, 0.1) is 18.8 Å². The van der Waals surface area contributed by atoms with Crippen LogP contribution >= 0.6 is 0 Å². The van der Waals surface area contributed by atoms with Crippen molar-refractivity contribution in [3.8, 4) is 0 Å². The number of benzene rings is 2. The number of hydrogen-bond acceptors (Lipinski definition) is 5. The van der Waals surface area contributed by atoms with Crippen LogP contribution in [-0.2, 0) is 20.9 Å². The minimum absolute atomic E-state index is 0.0361. The molecule has 1 aliphatic carbocycles. The van der Waals surface area contributed by atoms with Crippen LogP contribution in [0.4, 0.5) is 5.69 Å². The molecular formula is C26H29NO5. The lowest BCUT2D eigenvalue weighted by atomic mass is 9.82. The van der Waals surface area contributed by atoms with E-state index in [0.29, 0.717) is 29.4 Å². The van der Waals surface area contributed by atoms with Gasteiger partial charge in [-0.2, -0.15) is 0 Å². The first kappa shape index (κ1) is 21.0. The number of carbonyl (C=O) groups is 2. The second-order valence-electron chi connectivity index (χ2n) is 9.35. The smallest absolute Gasteiger partial charge is 0.342 e. The van der Waals surface area contributed by atoms with Gasteiger partial charge in [-0.05, 0) is 80.8 Å². The fourth-order valence-electron chi connectivity index (χ4n) is 5.15. The Labute approximate surface area is 187 Å². The SMILES string of the molecule is COCc1cc2c(cc1C)oc1cc3c(cc12)N(C(=O)[C@H]1CC[C@H](C)CC1)C(C)OC3=O. The normalized spacial score (nSPS) is 23.4. The third kappa shape index (κ3) is 3.37. The van der Waals surface area contributed by atoms with E-state index in [0.717, 1.165) is 53.2 Å². The van der Waals surface area contributed by atoms with Gasteiger partial charge >= 0.3 is 5.97 Å². The molecule has 2 heterocycles. The van der Waals surface area contributed by atoms with E-state index in [4.69, 9.17) is 13.9 Å². The summed E-state index contributed by atoms with van der Waals surface area (Å²) in [5, 5.41) is 1.83. The van der Waals surface area contributed by atoms with Crippen LogP contribution in [0.3, 0.4) is 0 Å². The minimum Gasteiger partial charge on any atom is -0.456 e. The fourth-order valence-corrected chi connectivity index (χ4v) is 5.15. The van der Waals surface area contributed by atoms with Crippen LogP contribution in [0.5, 0.6) is 0 Å². The van der Waals surface area contributed by atoms with Crippen LogP contribution in [0.2, 0.25) is 0 Å². The fraction of sp³-hybridized carbons (Fsp3) is 0.462. The summed E-state index contributed by atoms with van der Waals surface area (Å²) in [6.45, 7) is 6.54. The average Bonchev–Trinajstić information content (AvgIpc) is 3.09. The van der Waals surface area contributed by atoms with Gasteiger partial charge in [-0.3, -0.25) is 9.69 Å². The number of furan rings is 1. The number of nitrogens with zero attached hydrogens (tertiary/aromatic N) is 1. The summed E-state index contributed by atoms with van der Waals surface area (Å²) in [4.78, 5) is 28.0. The van der Waals surface area contributed by atoms with Crippen LogP contribution in [-0.4, -0.2) is 25.2 Å². The molecule has 1 unspecified atom stereocenters. The molecule has 1 atom stereocenters. The summed E-state index contributed by atoms with van der Waals surface area (Å²) >= 11 is 0. The molecule has 1 saturated carbocycles. The van der Waals surface area contributed by atoms with E-state index in [2.05, 4.69) is 13.0 Å². The van der Waals surface area contributed by atoms with Crippen molar-refractivity contribution in [2.45, 2.75) is 59.3 Å². The van der Waals surface area contributed by atoms with E-state index in [-0.39, 0.29) is 11.8 Å². The third-order valence-corrected chi connectivity index (χ3v) is 7.07. The van der Waals surface area contributed by atoms with Crippen LogP contribution in [0.15, 0.2) is 28.7 Å². The van der Waals surface area contributed by atoms with Gasteiger partial charge in [0, 0.05) is 23.8 Å². The van der Waals surface area contributed by atoms with E-state index >= 15 is 0 Å². The lowest BCUT2D eigenvalue weighted by Crippen LogP contribution is -2.48. The van der Waals surface area contributed by atoms with Gasteiger partial charge in [0.25, 0.3) is 0 Å². The Balaban J connectivity index is 1.64. The van der Waals surface area contributed by atoms with E-state index in [1.807, 2.05) is 19.1 Å². The zero-order chi connectivity index (χ0) is 22.6. The first-order chi connectivity index (χ1) is 15.4. The van der Waals surface area contributed by atoms with Crippen LogP contribution in [0.1, 0.15) is 61.0 Å². The molecule has 0 bridgehead atoms. The van der Waals surface area contributed by atoms with Crippen molar-refractivity contribution >= 4 is 39.5 Å². The van der Waals surface area contributed by atoms with Gasteiger partial charge in [-0.25, -0.2) is 4.79 Å². The quantitative estimate of drug-likeness (QED) is 0.493. The number of hydrogen-bond donors (Lipinski definition) is 0. The zero-order valence-corrected chi connectivity index (χ0v) is 19.1. The van der Waals surface area contributed by atoms with Crippen molar-refractivity contribution in [2.75, 3.05) is 12.0 Å². The van der Waals surface area contributed by atoms with Crippen molar-refractivity contribution in [1.82, 2.24) is 0 Å². The standard InChI is InChI=1S/C26H29NO5/c1-14-5-7-17(8-6-14)25(28)27-16(3)31-26(29)21-12-24-20(11-22(21)27)19-10-18(13-30-4)15(2)9-23(19)32-24/h9-12,14,16-17H,5-8,13H2,1-4H3/t14-,16?,17-. The van der Waals surface area contributed by atoms with E-state index in [9.17, 15) is 9.59 Å². The Hall–Kier alpha value is -2.86. The molecule has 168 valence electrons. The molecule has 0 radical (unpaired) electrons. The van der Waals surface area contributed by atoms with Crippen molar-refractivity contribution < 1.29 is 23.5 Å². The molecule has 5 rings (SSSR count). The summed E-state index contributed by atoms with van der Waals surface area (Å²) in [6.07, 6.45) is 3.23. The number of aryl methyl sites for hydroxylation is 1. The highest BCUT2D eigenvalue weighted by molar-refractivity contribution is 6.13. The highest BCUT2D eigenvalue weighted by Crippen LogP contribution is 2.40. The molecule has 3 aromatic rings. The van der Waals surface area contributed by atoms with E-state index < -0.39 is 12.2 Å². The average molecular weight is 436 g/mol. The maximum absolute atomic E-state index is 13.6. The molecule has 2 aliphatic rings. The van der Waals surface area contributed by atoms with Gasteiger partial charge in [-0.1, -0.05) is 6.92 Å². The van der Waals surface area contributed by atoms with Crippen molar-refractivity contribution in [2.24, 2.45) is 11.8 Å². The zero-order valence-electron chi connectivity index (χ0n) is 19.1. The summed E-state index contributed by atoms with van der Waals surface area (Å²) in [6, 6.07) is 7.71. The van der Waals surface area contributed by atoms with Gasteiger partial charge in [-0.15, -0.1) is 0 Å². The number of methoxy groups -OCH3 is 1. The number of rotatable bonds is 3. The Morgan fingerprint density at radius 1 is 1.06 bits per heavy atom. The molecule has 1 aromatic heterocycles. The number of carbonyl (C=O) groups excluding carboxylic acids is 2. The molecule has 6 heteroatoms. The van der Waals surface area contributed by atoms with Crippen molar-refractivity contribution in [3.63, 3.8) is 0 Å². The van der Waals surface area contributed by atoms with Gasteiger partial charge in [0.1, 0.15) is 11.2 Å². The summed E-state index contributed by atoms with van der Waals surface area (Å²) < 4.78 is 17.0. The summed E-state index contributed by atoms with van der Waals surface area (Å²) in [5.74, 6) is 0.240. The minimum atomic E-state index is -0.635. The van der Waals surface area contributed by atoms with Crippen LogP contribution < -0.4 is 4.90 Å². The molecule has 0 spiro atoms. The Morgan fingerprint density at radius 2 is 1.75 bits per heavy atom. The summed E-state index contributed by atoms with van der Waals surface area (Å²) in [5.41, 5.74) is 4.51.